The molecule has 0 aromatic carbocycles. The van der Waals surface area contributed by atoms with Crippen LogP contribution in [0.2, 0.25) is 0 Å². The molecule has 1 aromatic heterocycles. The summed E-state index contributed by atoms with van der Waals surface area (Å²) < 4.78 is 0. The zero-order valence-electron chi connectivity index (χ0n) is 8.08. The van der Waals surface area contributed by atoms with Gasteiger partial charge in [-0.05, 0) is 6.92 Å². The Balaban J connectivity index is 3.20. The van der Waals surface area contributed by atoms with Gasteiger partial charge in [0.15, 0.2) is 5.03 Å². The molecule has 0 N–H and O–H groups in total. The van der Waals surface area contributed by atoms with Crippen LogP contribution < -0.4 is 5.01 Å². The first-order valence-corrected chi connectivity index (χ1v) is 3.93. The smallest absolute Gasteiger partial charge is 0.258 e. The molecule has 15 heavy (non-hydrogen) atoms. The summed E-state index contributed by atoms with van der Waals surface area (Å²) in [5.41, 5.74) is 0.138. The van der Waals surface area contributed by atoms with Gasteiger partial charge >= 0.3 is 0 Å². The normalized spacial score (nSPS) is 9.73. The van der Waals surface area contributed by atoms with E-state index in [0.717, 1.165) is 6.07 Å². The van der Waals surface area contributed by atoms with E-state index in [0.29, 0.717) is 10.7 Å². The number of hydrazine groups is 1. The predicted molar refractivity (Wildman–Crippen MR) is 51.0 cm³/mol. The molecule has 0 amide bonds. The van der Waals surface area contributed by atoms with E-state index in [9.17, 15) is 20.2 Å². The Morgan fingerprint density at radius 2 is 1.93 bits per heavy atom. The summed E-state index contributed by atoms with van der Waals surface area (Å²) in [7, 11) is 1.17. The second kappa shape index (κ2) is 3.86. The molecule has 8 nitrogen and oxygen atoms in total. The van der Waals surface area contributed by atoms with Gasteiger partial charge in [-0.1, -0.05) is 5.01 Å². The lowest BCUT2D eigenvalue weighted by Crippen LogP contribution is -2.25. The van der Waals surface area contributed by atoms with E-state index in [-0.39, 0.29) is 11.5 Å². The molecule has 0 radical (unpaired) electrons. The highest BCUT2D eigenvalue weighted by molar-refractivity contribution is 5.46. The molecule has 0 bridgehead atoms. The van der Waals surface area contributed by atoms with Crippen molar-refractivity contribution < 1.29 is 9.96 Å². The van der Waals surface area contributed by atoms with E-state index in [1.54, 1.807) is 0 Å². The van der Waals surface area contributed by atoms with Gasteiger partial charge in [0, 0.05) is 11.8 Å². The van der Waals surface area contributed by atoms with Crippen molar-refractivity contribution in [2.75, 3.05) is 12.1 Å². The molecule has 1 aromatic rings. The van der Waals surface area contributed by atoms with Crippen LogP contribution in [-0.4, -0.2) is 22.0 Å². The molecule has 0 fully saturated rings. The van der Waals surface area contributed by atoms with Crippen LogP contribution in [-0.2, 0) is 0 Å². The fraction of sp³-hybridized carbons (Fsp3) is 0.286. The third kappa shape index (κ3) is 2.36. The summed E-state index contributed by atoms with van der Waals surface area (Å²) in [5.74, 6) is -0.0632. The number of rotatable bonds is 3. The van der Waals surface area contributed by atoms with Crippen LogP contribution in [0.3, 0.4) is 0 Å². The van der Waals surface area contributed by atoms with Gasteiger partial charge < -0.3 is 0 Å². The lowest BCUT2D eigenvalue weighted by Gasteiger charge is -2.07. The third-order valence-corrected chi connectivity index (χ3v) is 1.71. The monoisotopic (exact) mass is 212 g/mol. The maximum atomic E-state index is 10.5. The Kier molecular flexibility index (Phi) is 2.79. The highest BCUT2D eigenvalue weighted by Gasteiger charge is 2.17. The topological polar surface area (TPSA) is 102 Å². The molecule has 0 saturated heterocycles. The second-order valence-electron chi connectivity index (χ2n) is 2.84. The molecule has 0 spiro atoms. The minimum absolute atomic E-state index is 0.0632. The molecule has 0 aliphatic carbocycles. The first-order chi connectivity index (χ1) is 6.91. The van der Waals surface area contributed by atoms with Gasteiger partial charge in [0.1, 0.15) is 0 Å². The van der Waals surface area contributed by atoms with Crippen LogP contribution in [0.5, 0.6) is 0 Å². The molecule has 0 aliphatic heterocycles. The third-order valence-electron chi connectivity index (χ3n) is 1.71. The summed E-state index contributed by atoms with van der Waals surface area (Å²) in [6.07, 6.45) is 0. The van der Waals surface area contributed by atoms with E-state index < -0.39 is 9.96 Å². The average molecular weight is 212 g/mol. The quantitative estimate of drug-likeness (QED) is 0.545. The highest BCUT2D eigenvalue weighted by Crippen LogP contribution is 2.19. The molecular formula is C7H8N4O4. The Hall–Kier alpha value is -2.25. The van der Waals surface area contributed by atoms with E-state index in [4.69, 9.17) is 0 Å². The van der Waals surface area contributed by atoms with E-state index >= 15 is 0 Å². The number of nitro groups is 2. The minimum atomic E-state index is -0.703. The van der Waals surface area contributed by atoms with Gasteiger partial charge in [-0.3, -0.25) is 10.1 Å². The van der Waals surface area contributed by atoms with Gasteiger partial charge in [-0.2, -0.15) is 0 Å². The summed E-state index contributed by atoms with van der Waals surface area (Å²) in [5, 5.41) is 20.8. The Bertz CT molecular complexity index is 419. The fourth-order valence-electron chi connectivity index (χ4n) is 0.988. The number of aryl methyl sites for hydroxylation is 1. The van der Waals surface area contributed by atoms with Crippen molar-refractivity contribution in [3.05, 3.63) is 38.1 Å². The van der Waals surface area contributed by atoms with Gasteiger partial charge in [-0.25, -0.2) is 15.1 Å². The van der Waals surface area contributed by atoms with Crippen LogP contribution in [0.1, 0.15) is 5.69 Å². The van der Waals surface area contributed by atoms with Crippen molar-refractivity contribution in [2.45, 2.75) is 6.92 Å². The van der Waals surface area contributed by atoms with E-state index in [1.807, 2.05) is 0 Å². The van der Waals surface area contributed by atoms with Crippen LogP contribution >= 0.6 is 0 Å². The van der Waals surface area contributed by atoms with Crippen molar-refractivity contribution in [3.63, 3.8) is 0 Å². The lowest BCUT2D eigenvalue weighted by molar-refractivity contribution is -0.491. The van der Waals surface area contributed by atoms with Crippen LogP contribution in [0.25, 0.3) is 0 Å². The number of aromatic nitrogens is 1. The van der Waals surface area contributed by atoms with Crippen molar-refractivity contribution in [3.8, 4) is 0 Å². The van der Waals surface area contributed by atoms with Crippen LogP contribution in [0.4, 0.5) is 11.5 Å². The first-order valence-electron chi connectivity index (χ1n) is 3.93. The largest absolute Gasteiger partial charge is 0.275 e. The molecular weight excluding hydrogens is 204 g/mol. The summed E-state index contributed by atoms with van der Waals surface area (Å²) >= 11 is 0. The fourth-order valence-corrected chi connectivity index (χ4v) is 0.988. The lowest BCUT2D eigenvalue weighted by atomic mass is 10.3. The zero-order chi connectivity index (χ0) is 11.6. The molecule has 80 valence electrons. The standard InChI is InChI=1S/C7H8N4O4/c1-5-3-6(10(12)13)4-7(8-5)9(2)11(14)15/h3-4H,1-2H3. The molecule has 0 saturated carbocycles. The van der Waals surface area contributed by atoms with Crippen LogP contribution in [0.15, 0.2) is 12.1 Å². The Morgan fingerprint density at radius 1 is 1.33 bits per heavy atom. The summed E-state index contributed by atoms with van der Waals surface area (Å²) in [4.78, 5) is 24.1. The van der Waals surface area contributed by atoms with Crippen molar-refractivity contribution in [2.24, 2.45) is 0 Å². The summed E-state index contributed by atoms with van der Waals surface area (Å²) in [6.45, 7) is 1.53. The Morgan fingerprint density at radius 3 is 2.40 bits per heavy atom. The van der Waals surface area contributed by atoms with Gasteiger partial charge in [0.2, 0.25) is 5.82 Å². The molecule has 1 heterocycles. The zero-order valence-corrected chi connectivity index (χ0v) is 8.08. The Labute approximate surface area is 84.4 Å². The van der Waals surface area contributed by atoms with Gasteiger partial charge in [0.25, 0.3) is 5.69 Å². The molecule has 8 heteroatoms. The minimum Gasteiger partial charge on any atom is -0.258 e. The predicted octanol–water partition coefficient (Wildman–Crippen LogP) is 0.926. The maximum absolute atomic E-state index is 10.5. The molecule has 0 unspecified atom stereocenters. The van der Waals surface area contributed by atoms with Crippen molar-refractivity contribution >= 4 is 11.5 Å². The SMILES string of the molecule is Cc1cc([N+](=O)[O-])cc(N(C)[N+](=O)[O-])n1. The number of hydrogen-bond donors (Lipinski definition) is 0. The van der Waals surface area contributed by atoms with E-state index in [1.165, 1.54) is 20.0 Å². The molecule has 1 rings (SSSR count). The van der Waals surface area contributed by atoms with Gasteiger partial charge in [0.05, 0.1) is 18.0 Å². The second-order valence-corrected chi connectivity index (χ2v) is 2.84. The number of anilines is 1. The van der Waals surface area contributed by atoms with Crippen molar-refractivity contribution in [1.29, 1.82) is 0 Å². The highest BCUT2D eigenvalue weighted by atomic mass is 16.7. The maximum Gasteiger partial charge on any atom is 0.275 e. The average Bonchev–Trinajstić information content (AvgIpc) is 2.15. The van der Waals surface area contributed by atoms with E-state index in [2.05, 4.69) is 4.98 Å². The number of pyridine rings is 1. The molecule has 0 aliphatic rings. The van der Waals surface area contributed by atoms with Crippen LogP contribution in [0, 0.1) is 27.2 Å². The number of nitrogens with zero attached hydrogens (tertiary/aromatic N) is 4. The number of hydrogen-bond acceptors (Lipinski definition) is 5. The van der Waals surface area contributed by atoms with Crippen molar-refractivity contribution in [1.82, 2.24) is 4.98 Å². The molecule has 0 atom stereocenters. The first kappa shape index (κ1) is 10.8. The van der Waals surface area contributed by atoms with Gasteiger partial charge in [-0.15, -0.1) is 0 Å². The summed E-state index contributed by atoms with van der Waals surface area (Å²) in [6, 6.07) is 2.30.